The van der Waals surface area contributed by atoms with E-state index in [0.29, 0.717) is 25.3 Å². The van der Waals surface area contributed by atoms with Gasteiger partial charge in [-0.05, 0) is 76.3 Å². The number of nitrogens with one attached hydrogen (secondary N) is 1. The Morgan fingerprint density at radius 1 is 1.13 bits per heavy atom. The molecule has 1 aromatic heterocycles. The Morgan fingerprint density at radius 2 is 1.81 bits per heavy atom. The first-order chi connectivity index (χ1) is 14.7. The molecule has 0 atom stereocenters. The van der Waals surface area contributed by atoms with Crippen molar-refractivity contribution in [3.63, 3.8) is 0 Å². The summed E-state index contributed by atoms with van der Waals surface area (Å²) in [6, 6.07) is 11.1. The Hall–Kier alpha value is -2.96. The van der Waals surface area contributed by atoms with Gasteiger partial charge in [0.15, 0.2) is 0 Å². The molecule has 3 rings (SSSR count). The van der Waals surface area contributed by atoms with Gasteiger partial charge in [0.05, 0.1) is 0 Å². The maximum atomic E-state index is 12.7. The molecule has 2 heterocycles. The summed E-state index contributed by atoms with van der Waals surface area (Å²) in [6.45, 7) is 7.42. The fourth-order valence-corrected chi connectivity index (χ4v) is 3.81. The van der Waals surface area contributed by atoms with E-state index in [1.165, 1.54) is 0 Å². The number of aromatic nitrogens is 1. The zero-order valence-electron chi connectivity index (χ0n) is 18.6. The molecule has 0 spiro atoms. The van der Waals surface area contributed by atoms with E-state index >= 15 is 0 Å². The van der Waals surface area contributed by atoms with Gasteiger partial charge in [-0.15, -0.1) is 0 Å². The molecule has 168 valence electrons. The number of benzene rings is 1. The molecule has 1 fully saturated rings. The summed E-state index contributed by atoms with van der Waals surface area (Å²) in [5.74, 6) is 0.181. The molecule has 2 amide bonds. The number of hydrogen-bond acceptors (Lipinski definition) is 4. The maximum Gasteiger partial charge on any atom is 0.410 e. The number of likely N-dealkylation sites (tertiary alicyclic amines) is 1. The lowest BCUT2D eigenvalue weighted by Gasteiger charge is -2.34. The Bertz CT molecular complexity index is 875. The molecule has 0 unspecified atom stereocenters. The number of ether oxygens (including phenoxy) is 1. The van der Waals surface area contributed by atoms with Gasteiger partial charge >= 0.3 is 6.09 Å². The van der Waals surface area contributed by atoms with Gasteiger partial charge in [-0.3, -0.25) is 4.79 Å². The number of phenolic OH excluding ortho intramolecular Hbond substituents is 1. The highest BCUT2D eigenvalue weighted by molar-refractivity contribution is 5.92. The maximum absolute atomic E-state index is 12.7. The van der Waals surface area contributed by atoms with Crippen LogP contribution >= 0.6 is 0 Å². The average Bonchev–Trinajstić information content (AvgIpc) is 3.21. The predicted octanol–water partition coefficient (Wildman–Crippen LogP) is 4.13. The van der Waals surface area contributed by atoms with Crippen LogP contribution in [0.4, 0.5) is 4.79 Å². The van der Waals surface area contributed by atoms with E-state index < -0.39 is 5.60 Å². The molecule has 0 aliphatic carbocycles. The molecule has 7 nitrogen and oxygen atoms in total. The molecule has 0 saturated carbocycles. The highest BCUT2D eigenvalue weighted by Gasteiger charge is 2.28. The lowest BCUT2D eigenvalue weighted by Crippen LogP contribution is -2.42. The number of phenols is 1. The van der Waals surface area contributed by atoms with Crippen LogP contribution in [-0.2, 0) is 11.2 Å². The third-order valence-electron chi connectivity index (χ3n) is 5.39. The normalized spacial score (nSPS) is 15.0. The van der Waals surface area contributed by atoms with Gasteiger partial charge < -0.3 is 24.6 Å². The molecule has 2 aromatic rings. The summed E-state index contributed by atoms with van der Waals surface area (Å²) in [6.07, 6.45) is 4.91. The molecular formula is C24H33N3O4. The Morgan fingerprint density at radius 3 is 2.45 bits per heavy atom. The minimum atomic E-state index is -0.498. The zero-order chi connectivity index (χ0) is 22.4. The lowest BCUT2D eigenvalue weighted by atomic mass is 10.0. The van der Waals surface area contributed by atoms with Crippen LogP contribution in [0.15, 0.2) is 42.6 Å². The summed E-state index contributed by atoms with van der Waals surface area (Å²) >= 11 is 0. The number of carbonyl (C=O) groups excluding carboxylic acids is 2. The van der Waals surface area contributed by atoms with Crippen LogP contribution in [-0.4, -0.2) is 51.8 Å². The monoisotopic (exact) mass is 427 g/mol. The predicted molar refractivity (Wildman–Crippen MR) is 119 cm³/mol. The molecular weight excluding hydrogens is 394 g/mol. The Balaban J connectivity index is 1.47. The first kappa shape index (κ1) is 22.7. The van der Waals surface area contributed by atoms with Gasteiger partial charge in [-0.1, -0.05) is 12.1 Å². The van der Waals surface area contributed by atoms with Crippen molar-refractivity contribution < 1.29 is 19.4 Å². The van der Waals surface area contributed by atoms with Crippen LogP contribution in [0.5, 0.6) is 5.75 Å². The van der Waals surface area contributed by atoms with E-state index in [4.69, 9.17) is 4.74 Å². The first-order valence-electron chi connectivity index (χ1n) is 10.9. The van der Waals surface area contributed by atoms with E-state index in [0.717, 1.165) is 31.2 Å². The second kappa shape index (κ2) is 9.90. The molecule has 2 N–H and O–H groups in total. The standard InChI is InChI=1S/C24H33N3O4/c1-24(2,3)31-23(30)26-16-12-19(13-17-26)27-15-5-7-21(27)22(29)25-14-4-6-18-8-10-20(28)11-9-18/h5,7-11,15,19,28H,4,6,12-14,16-17H2,1-3H3,(H,25,29). The number of piperidine rings is 1. The lowest BCUT2D eigenvalue weighted by molar-refractivity contribution is 0.0187. The molecule has 0 radical (unpaired) electrons. The van der Waals surface area contributed by atoms with Crippen LogP contribution in [0.1, 0.15) is 62.1 Å². The largest absolute Gasteiger partial charge is 0.508 e. The summed E-state index contributed by atoms with van der Waals surface area (Å²) in [5.41, 5.74) is 1.29. The Labute approximate surface area is 184 Å². The van der Waals surface area contributed by atoms with Crippen molar-refractivity contribution in [1.29, 1.82) is 0 Å². The minimum absolute atomic E-state index is 0.0784. The molecule has 7 heteroatoms. The van der Waals surface area contributed by atoms with Crippen LogP contribution in [0.2, 0.25) is 0 Å². The van der Waals surface area contributed by atoms with E-state index in [-0.39, 0.29) is 23.8 Å². The zero-order valence-corrected chi connectivity index (χ0v) is 18.6. The van der Waals surface area contributed by atoms with Gasteiger partial charge in [-0.2, -0.15) is 0 Å². The summed E-state index contributed by atoms with van der Waals surface area (Å²) in [7, 11) is 0. The number of carbonyl (C=O) groups is 2. The summed E-state index contributed by atoms with van der Waals surface area (Å²) in [5, 5.41) is 12.3. The van der Waals surface area contributed by atoms with E-state index in [1.807, 2.05) is 55.8 Å². The number of hydrogen-bond donors (Lipinski definition) is 2. The van der Waals surface area contributed by atoms with Crippen LogP contribution < -0.4 is 5.32 Å². The average molecular weight is 428 g/mol. The number of amides is 2. The smallest absolute Gasteiger partial charge is 0.410 e. The molecule has 1 aliphatic rings. The molecule has 31 heavy (non-hydrogen) atoms. The topological polar surface area (TPSA) is 83.8 Å². The van der Waals surface area contributed by atoms with Crippen molar-refractivity contribution in [2.75, 3.05) is 19.6 Å². The van der Waals surface area contributed by atoms with Crippen molar-refractivity contribution in [2.24, 2.45) is 0 Å². The molecule has 0 bridgehead atoms. The van der Waals surface area contributed by atoms with Crippen LogP contribution in [0.25, 0.3) is 0 Å². The Kier molecular flexibility index (Phi) is 7.25. The minimum Gasteiger partial charge on any atom is -0.508 e. The van der Waals surface area contributed by atoms with Crippen LogP contribution in [0.3, 0.4) is 0 Å². The number of nitrogens with zero attached hydrogens (tertiary/aromatic N) is 2. The van der Waals surface area contributed by atoms with Gasteiger partial charge in [0.25, 0.3) is 5.91 Å². The van der Waals surface area contributed by atoms with E-state index in [2.05, 4.69) is 5.32 Å². The second-order valence-corrected chi connectivity index (χ2v) is 9.03. The summed E-state index contributed by atoms with van der Waals surface area (Å²) < 4.78 is 7.49. The number of aryl methyl sites for hydroxylation is 1. The van der Waals surface area contributed by atoms with Crippen molar-refractivity contribution in [3.8, 4) is 5.75 Å². The molecule has 1 aliphatic heterocycles. The quantitative estimate of drug-likeness (QED) is 0.679. The van der Waals surface area contributed by atoms with Gasteiger partial charge in [0.2, 0.25) is 0 Å². The van der Waals surface area contributed by atoms with Gasteiger partial charge in [-0.25, -0.2) is 4.79 Å². The van der Waals surface area contributed by atoms with Crippen molar-refractivity contribution in [2.45, 2.75) is 58.1 Å². The van der Waals surface area contributed by atoms with Gasteiger partial charge in [0.1, 0.15) is 17.0 Å². The third kappa shape index (κ3) is 6.51. The highest BCUT2D eigenvalue weighted by Crippen LogP contribution is 2.25. The van der Waals surface area contributed by atoms with E-state index in [1.54, 1.807) is 17.0 Å². The summed E-state index contributed by atoms with van der Waals surface area (Å²) in [4.78, 5) is 26.7. The van der Waals surface area contributed by atoms with Crippen molar-refractivity contribution in [1.82, 2.24) is 14.8 Å². The third-order valence-corrected chi connectivity index (χ3v) is 5.39. The van der Waals surface area contributed by atoms with Crippen molar-refractivity contribution in [3.05, 3.63) is 53.9 Å². The van der Waals surface area contributed by atoms with Gasteiger partial charge in [0, 0.05) is 31.9 Å². The first-order valence-corrected chi connectivity index (χ1v) is 10.9. The molecule has 1 aromatic carbocycles. The fourth-order valence-electron chi connectivity index (χ4n) is 3.81. The van der Waals surface area contributed by atoms with Crippen molar-refractivity contribution >= 4 is 12.0 Å². The number of rotatable bonds is 6. The number of aromatic hydroxyl groups is 1. The van der Waals surface area contributed by atoms with Crippen LogP contribution in [0, 0.1) is 0 Å². The van der Waals surface area contributed by atoms with E-state index in [9.17, 15) is 14.7 Å². The molecule has 1 saturated heterocycles. The highest BCUT2D eigenvalue weighted by atomic mass is 16.6. The SMILES string of the molecule is CC(C)(C)OC(=O)N1CCC(n2cccc2C(=O)NCCCc2ccc(O)cc2)CC1. The fraction of sp³-hybridized carbons (Fsp3) is 0.500. The second-order valence-electron chi connectivity index (χ2n) is 9.03.